The van der Waals surface area contributed by atoms with Crippen molar-refractivity contribution in [2.24, 2.45) is 0 Å². The van der Waals surface area contributed by atoms with Crippen LogP contribution in [0.1, 0.15) is 17.3 Å². The minimum atomic E-state index is -0.785. The highest BCUT2D eigenvalue weighted by Crippen LogP contribution is 2.14. The maximum atomic E-state index is 11.6. The van der Waals surface area contributed by atoms with E-state index in [-0.39, 0.29) is 6.54 Å². The smallest absolute Gasteiger partial charge is 0.370 e. The first-order chi connectivity index (χ1) is 11.4. The molecule has 0 radical (unpaired) electrons. The number of benzene rings is 1. The van der Waals surface area contributed by atoms with E-state index in [2.05, 4.69) is 10.1 Å². The van der Waals surface area contributed by atoms with Crippen molar-refractivity contribution < 1.29 is 33.4 Å². The monoisotopic (exact) mass is 355 g/mol. The van der Waals surface area contributed by atoms with Crippen molar-refractivity contribution in [1.82, 2.24) is 5.32 Å². The molecule has 8 nitrogen and oxygen atoms in total. The molecule has 0 aromatic heterocycles. The topological polar surface area (TPSA) is 108 Å². The molecule has 1 unspecified atom stereocenters. The Bertz CT molecular complexity index is 591. The van der Waals surface area contributed by atoms with Gasteiger partial charge in [-0.15, -0.1) is 0 Å². The van der Waals surface area contributed by atoms with Crippen LogP contribution < -0.4 is 5.32 Å². The van der Waals surface area contributed by atoms with Crippen molar-refractivity contribution in [2.75, 3.05) is 20.4 Å². The number of hydrogen-bond acceptors (Lipinski definition) is 8. The summed E-state index contributed by atoms with van der Waals surface area (Å²) in [5.41, 5.74) is 0.330. The van der Waals surface area contributed by atoms with Gasteiger partial charge in [-0.1, -0.05) is 18.2 Å². The number of amides is 1. The van der Waals surface area contributed by atoms with Crippen LogP contribution >= 0.6 is 11.8 Å². The van der Waals surface area contributed by atoms with Crippen molar-refractivity contribution in [3.63, 3.8) is 0 Å². The summed E-state index contributed by atoms with van der Waals surface area (Å²) in [4.78, 5) is 45.7. The summed E-state index contributed by atoms with van der Waals surface area (Å²) in [7, 11) is 1.20. The third-order valence-electron chi connectivity index (χ3n) is 2.65. The third-order valence-corrected chi connectivity index (χ3v) is 3.53. The molecule has 1 amide bonds. The highest BCUT2D eigenvalue weighted by molar-refractivity contribution is 8.14. The summed E-state index contributed by atoms with van der Waals surface area (Å²) < 4.78 is 13.9. The number of methoxy groups -OCH3 is 1. The number of hydrogen-bond donors (Lipinski definition) is 1. The van der Waals surface area contributed by atoms with Crippen LogP contribution in [0.25, 0.3) is 0 Å². The van der Waals surface area contributed by atoms with E-state index in [1.54, 1.807) is 30.3 Å². The van der Waals surface area contributed by atoms with E-state index >= 15 is 0 Å². The summed E-state index contributed by atoms with van der Waals surface area (Å²) in [6.07, 6.45) is 0. The lowest BCUT2D eigenvalue weighted by molar-refractivity contribution is -0.141. The second-order valence-corrected chi connectivity index (χ2v) is 5.64. The van der Waals surface area contributed by atoms with E-state index in [4.69, 9.17) is 9.47 Å². The van der Waals surface area contributed by atoms with E-state index in [9.17, 15) is 19.2 Å². The number of nitrogens with one attached hydrogen (secondary N) is 1. The number of rotatable bonds is 7. The normalized spacial score (nSPS) is 11.1. The van der Waals surface area contributed by atoms with Crippen molar-refractivity contribution in [2.45, 2.75) is 12.2 Å². The molecule has 24 heavy (non-hydrogen) atoms. The van der Waals surface area contributed by atoms with Crippen molar-refractivity contribution >= 4 is 34.9 Å². The molecule has 9 heteroatoms. The minimum absolute atomic E-state index is 0.288. The van der Waals surface area contributed by atoms with Gasteiger partial charge in [-0.3, -0.25) is 9.59 Å². The van der Waals surface area contributed by atoms with E-state index in [0.29, 0.717) is 17.3 Å². The Kier molecular flexibility index (Phi) is 8.34. The molecule has 0 saturated carbocycles. The van der Waals surface area contributed by atoms with Crippen LogP contribution in [0.15, 0.2) is 30.3 Å². The van der Waals surface area contributed by atoms with Gasteiger partial charge in [0, 0.05) is 0 Å². The first-order valence-electron chi connectivity index (χ1n) is 6.84. The first-order valence-corrected chi connectivity index (χ1v) is 7.72. The molecule has 1 aromatic rings. The second kappa shape index (κ2) is 10.3. The standard InChI is InChI=1S/C15H17NO7S/c1-10(13(18)16-8-12(17)21-2)24-15(20)23-9-22-14(19)11-6-4-3-5-7-11/h3-7,10H,8-9H2,1-2H3,(H,16,18). The predicted molar refractivity (Wildman–Crippen MR) is 85.3 cm³/mol. The SMILES string of the molecule is COC(=O)CNC(=O)C(C)SC(=O)OCOC(=O)c1ccccc1. The minimum Gasteiger partial charge on any atom is -0.468 e. The number of carbonyl (C=O) groups is 4. The third kappa shape index (κ3) is 7.14. The van der Waals surface area contributed by atoms with Gasteiger partial charge in [-0.2, -0.15) is 0 Å². The fourth-order valence-corrected chi connectivity index (χ4v) is 1.99. The zero-order valence-corrected chi connectivity index (χ0v) is 14.0. The maximum absolute atomic E-state index is 11.6. The molecule has 0 bridgehead atoms. The van der Waals surface area contributed by atoms with Gasteiger partial charge < -0.3 is 19.5 Å². The molecule has 0 saturated heterocycles. The Morgan fingerprint density at radius 2 is 1.79 bits per heavy atom. The zero-order valence-electron chi connectivity index (χ0n) is 13.1. The highest BCUT2D eigenvalue weighted by atomic mass is 32.2. The Morgan fingerprint density at radius 1 is 1.12 bits per heavy atom. The van der Waals surface area contributed by atoms with Crippen LogP contribution in [-0.4, -0.2) is 48.8 Å². The van der Waals surface area contributed by atoms with E-state index in [1.165, 1.54) is 14.0 Å². The Labute approximate surface area is 142 Å². The lowest BCUT2D eigenvalue weighted by Crippen LogP contribution is -2.35. The van der Waals surface area contributed by atoms with Gasteiger partial charge in [0.05, 0.1) is 17.9 Å². The lowest BCUT2D eigenvalue weighted by atomic mass is 10.2. The zero-order chi connectivity index (χ0) is 17.9. The summed E-state index contributed by atoms with van der Waals surface area (Å²) >= 11 is 0.598. The summed E-state index contributed by atoms with van der Waals surface area (Å²) in [6.45, 7) is 0.620. The number of ether oxygens (including phenoxy) is 3. The molecule has 130 valence electrons. The largest absolute Gasteiger partial charge is 0.468 e. The van der Waals surface area contributed by atoms with Crippen LogP contribution in [0, 0.1) is 0 Å². The molecule has 1 aromatic carbocycles. The average Bonchev–Trinajstić information content (AvgIpc) is 2.59. The van der Waals surface area contributed by atoms with Gasteiger partial charge in [-0.25, -0.2) is 9.59 Å². The molecule has 0 spiro atoms. The van der Waals surface area contributed by atoms with Gasteiger partial charge in [-0.05, 0) is 30.8 Å². The maximum Gasteiger partial charge on any atom is 0.370 e. The van der Waals surface area contributed by atoms with Crippen LogP contribution in [0.2, 0.25) is 0 Å². The molecule has 0 aliphatic rings. The summed E-state index contributed by atoms with van der Waals surface area (Å²) in [6, 6.07) is 8.22. The molecular formula is C15H17NO7S. The van der Waals surface area contributed by atoms with Crippen molar-refractivity contribution in [1.29, 1.82) is 0 Å². The van der Waals surface area contributed by atoms with Crippen LogP contribution in [-0.2, 0) is 23.8 Å². The molecule has 0 aliphatic carbocycles. The molecule has 1 atom stereocenters. The van der Waals surface area contributed by atoms with Crippen LogP contribution in [0.5, 0.6) is 0 Å². The molecule has 0 aliphatic heterocycles. The Hall–Kier alpha value is -2.55. The Morgan fingerprint density at radius 3 is 2.42 bits per heavy atom. The quantitative estimate of drug-likeness (QED) is 0.577. The van der Waals surface area contributed by atoms with E-state index < -0.39 is 35.2 Å². The van der Waals surface area contributed by atoms with Gasteiger partial charge in [0.1, 0.15) is 6.54 Å². The molecule has 1 N–H and O–H groups in total. The fraction of sp³-hybridized carbons (Fsp3) is 0.333. The van der Waals surface area contributed by atoms with Gasteiger partial charge in [0.2, 0.25) is 12.7 Å². The molecule has 0 heterocycles. The summed E-state index contributed by atoms with van der Waals surface area (Å²) in [5, 5.41) is 0.741. The number of thioether (sulfide) groups is 1. The van der Waals surface area contributed by atoms with Gasteiger partial charge in [0.25, 0.3) is 0 Å². The van der Waals surface area contributed by atoms with Gasteiger partial charge >= 0.3 is 17.2 Å². The van der Waals surface area contributed by atoms with Crippen LogP contribution in [0.4, 0.5) is 4.79 Å². The second-order valence-electron chi connectivity index (χ2n) is 4.36. The van der Waals surface area contributed by atoms with E-state index in [1.807, 2.05) is 0 Å². The molecule has 1 rings (SSSR count). The number of carbonyl (C=O) groups excluding carboxylic acids is 4. The predicted octanol–water partition coefficient (Wildman–Crippen LogP) is 1.35. The van der Waals surface area contributed by atoms with Crippen molar-refractivity contribution in [3.05, 3.63) is 35.9 Å². The lowest BCUT2D eigenvalue weighted by Gasteiger charge is -2.11. The van der Waals surface area contributed by atoms with E-state index in [0.717, 1.165) is 0 Å². The molecular weight excluding hydrogens is 338 g/mol. The highest BCUT2D eigenvalue weighted by Gasteiger charge is 2.20. The van der Waals surface area contributed by atoms with Crippen molar-refractivity contribution in [3.8, 4) is 0 Å². The fourth-order valence-electron chi connectivity index (χ4n) is 1.40. The number of esters is 2. The first kappa shape index (κ1) is 19.5. The van der Waals surface area contributed by atoms with Crippen LogP contribution in [0.3, 0.4) is 0 Å². The molecule has 0 fully saturated rings. The van der Waals surface area contributed by atoms with Gasteiger partial charge in [0.15, 0.2) is 0 Å². The summed E-state index contributed by atoms with van der Waals surface area (Å²) in [5.74, 6) is -1.75. The average molecular weight is 355 g/mol. The Balaban J connectivity index is 2.26.